The molecule has 0 radical (unpaired) electrons. The number of ether oxygens (including phenoxy) is 13. The number of nitrogens with two attached hydrogens (primary N) is 1. The molecule has 2 saturated heterocycles. The standard InChI is InChI=1S/C72H119N7O25.C2HF3O2/c1-13-47(6)60(55(92-11)43-57(81)79-25-17-20-53(79)65(93-12)48(7)67(86)74-49(8)61(82)51-18-15-14-16-19-51)77(9)69(88)58(45(2)3)76-68(87)59(46(4)5)78(10)72(91)102-44-50-21-22-54(103-71-64(85)62(83)63(84)66(104-71)70(89)90)52(42-50)75-56(80)23-26-94-28-30-96-32-34-98-36-38-100-40-41-101-39-37-99-35-33-97-31-29-95-27-24-73;3-2(4,5)1(6)7/h14-16,18-19,21-22,42,45-49,53,55,58-66,71,82-85H,13,17,20,23-41,43-44,73H2,1-12H3,(H,74,86)(H,75,80)(H,76,87)(H,89,90);(H,6,7)/t47-,48+,49+,53-,55+,58-,59-,60-,61+,62-,63-,64+,65+,66-,71+;/m0./s1. The molecule has 0 bridgehead atoms. The van der Waals surface area contributed by atoms with Crippen molar-refractivity contribution >= 4 is 53.3 Å². The predicted octanol–water partition coefficient (Wildman–Crippen LogP) is 2.90. The van der Waals surface area contributed by atoms with Crippen molar-refractivity contribution in [2.75, 3.05) is 152 Å². The Morgan fingerprint density at radius 1 is 0.676 bits per heavy atom. The molecule has 2 aliphatic rings. The molecule has 4 rings (SSSR count). The average molecular weight is 1600 g/mol. The molecule has 0 saturated carbocycles. The van der Waals surface area contributed by atoms with Crippen molar-refractivity contribution in [1.82, 2.24) is 25.3 Å². The lowest BCUT2D eigenvalue weighted by Gasteiger charge is -2.41. The van der Waals surface area contributed by atoms with Crippen LogP contribution in [-0.4, -0.2) is 319 Å². The molecule has 34 nitrogen and oxygen atoms in total. The van der Waals surface area contributed by atoms with Crippen LogP contribution in [0, 0.1) is 23.7 Å². The third-order valence-corrected chi connectivity index (χ3v) is 18.4. The molecule has 0 spiro atoms. The topological polar surface area (TPSA) is 450 Å². The Morgan fingerprint density at radius 2 is 1.20 bits per heavy atom. The van der Waals surface area contributed by atoms with Gasteiger partial charge in [-0.15, -0.1) is 0 Å². The van der Waals surface area contributed by atoms with Crippen molar-refractivity contribution < 1.29 is 144 Å². The fourth-order valence-corrected chi connectivity index (χ4v) is 12.2. The summed E-state index contributed by atoms with van der Waals surface area (Å²) in [6.07, 6.45) is -16.8. The van der Waals surface area contributed by atoms with Crippen molar-refractivity contribution in [3.05, 3.63) is 59.7 Å². The van der Waals surface area contributed by atoms with Crippen LogP contribution >= 0.6 is 0 Å². The minimum absolute atomic E-state index is 0.0514. The number of nitrogens with one attached hydrogen (secondary N) is 3. The number of hydrogen-bond donors (Lipinski definition) is 10. The van der Waals surface area contributed by atoms with E-state index in [1.54, 1.807) is 65.6 Å². The summed E-state index contributed by atoms with van der Waals surface area (Å²) in [7, 11) is 5.97. The summed E-state index contributed by atoms with van der Waals surface area (Å²) in [5.41, 5.74) is 6.24. The number of likely N-dealkylation sites (N-methyl/N-ethyl adjacent to an activating group) is 2. The van der Waals surface area contributed by atoms with Crippen molar-refractivity contribution in [2.45, 2.75) is 180 Å². The summed E-state index contributed by atoms with van der Waals surface area (Å²) in [4.78, 5) is 110. The molecule has 15 atom stereocenters. The van der Waals surface area contributed by atoms with E-state index in [1.807, 2.05) is 32.0 Å². The number of likely N-dealkylation sites (tertiary alicyclic amines) is 1. The van der Waals surface area contributed by atoms with Gasteiger partial charge in [0.05, 0.1) is 167 Å². The Balaban J connectivity index is 0.00000433. The van der Waals surface area contributed by atoms with Gasteiger partial charge in [-0.3, -0.25) is 28.9 Å². The molecule has 11 N–H and O–H groups in total. The lowest BCUT2D eigenvalue weighted by Crippen LogP contribution is -2.61. The summed E-state index contributed by atoms with van der Waals surface area (Å²) in [6, 6.07) is 9.09. The van der Waals surface area contributed by atoms with Gasteiger partial charge in [0.1, 0.15) is 42.8 Å². The maximum atomic E-state index is 14.9. The number of aliphatic hydroxyl groups is 4. The summed E-state index contributed by atoms with van der Waals surface area (Å²) in [6.45, 7) is 20.4. The van der Waals surface area contributed by atoms with Crippen molar-refractivity contribution in [1.29, 1.82) is 0 Å². The van der Waals surface area contributed by atoms with Gasteiger partial charge in [0, 0.05) is 41.4 Å². The second-order valence-corrected chi connectivity index (χ2v) is 27.3. The second kappa shape index (κ2) is 52.4. The first kappa shape index (κ1) is 98.1. The van der Waals surface area contributed by atoms with Crippen molar-refractivity contribution in [3.8, 4) is 5.75 Å². The highest BCUT2D eigenvalue weighted by atomic mass is 19.4. The highest BCUT2D eigenvalue weighted by Crippen LogP contribution is 2.34. The summed E-state index contributed by atoms with van der Waals surface area (Å²) >= 11 is 0. The number of halogens is 3. The zero-order valence-corrected chi connectivity index (χ0v) is 65.7. The Hall–Kier alpha value is -7.05. The molecular weight excluding hydrogens is 1480 g/mol. The Labute approximate surface area is 646 Å². The largest absolute Gasteiger partial charge is 0.490 e. The van der Waals surface area contributed by atoms with Crippen LogP contribution in [0.1, 0.15) is 105 Å². The van der Waals surface area contributed by atoms with Crippen LogP contribution < -0.4 is 26.4 Å². The number of carboxylic acid groups (broad SMARTS) is 2. The van der Waals surface area contributed by atoms with E-state index in [4.69, 9.17) is 77.2 Å². The van der Waals surface area contributed by atoms with E-state index < -0.39 is 146 Å². The monoisotopic (exact) mass is 1600 g/mol. The van der Waals surface area contributed by atoms with Crippen LogP contribution in [0.15, 0.2) is 48.5 Å². The Bertz CT molecular complexity index is 3060. The molecule has 2 aliphatic heterocycles. The number of carboxylic acids is 2. The molecule has 2 aromatic carbocycles. The number of anilines is 1. The highest BCUT2D eigenvalue weighted by molar-refractivity contribution is 5.93. The molecule has 2 fully saturated rings. The van der Waals surface area contributed by atoms with Crippen LogP contribution in [0.25, 0.3) is 0 Å². The SMILES string of the molecule is CC[C@H](C)[C@@H]([C@@H](CC(=O)N1CCC[C@H]1[C@H](OC)[C@@H](C)C(=O)N[C@H](C)[C@@H](O)c1ccccc1)OC)N(C)C(=O)[C@@H](NC(=O)[C@H](C(C)C)N(C)C(=O)OCc1ccc(O[C@@H]2O[C@H](C(=O)O)[C@@H](O)[C@H](O)[C@H]2O)c(NC(=O)CCOCCOCCOCCOCCOCCOCCOCCOCCN)c1)C(C)C.O=C(O)C(F)(F)F. The second-order valence-electron chi connectivity index (χ2n) is 27.3. The zero-order chi connectivity index (χ0) is 82.9. The summed E-state index contributed by atoms with van der Waals surface area (Å²) in [5.74, 6) is -8.81. The number of alkyl halides is 3. The van der Waals surface area contributed by atoms with E-state index in [0.717, 1.165) is 4.90 Å². The van der Waals surface area contributed by atoms with Gasteiger partial charge in [-0.2, -0.15) is 13.2 Å². The first-order valence-electron chi connectivity index (χ1n) is 37.2. The number of methoxy groups -OCH3 is 2. The van der Waals surface area contributed by atoms with E-state index in [2.05, 4.69) is 16.0 Å². The molecule has 37 heteroatoms. The number of carbonyl (C=O) groups is 8. The zero-order valence-electron chi connectivity index (χ0n) is 65.7. The van der Waals surface area contributed by atoms with Gasteiger partial charge in [-0.1, -0.05) is 91.3 Å². The molecular formula is C74H120F3N7O27. The normalized spacial score (nSPS) is 19.6. The number of amides is 6. The summed E-state index contributed by atoms with van der Waals surface area (Å²) in [5, 5.41) is 67.9. The maximum absolute atomic E-state index is 14.9. The van der Waals surface area contributed by atoms with Gasteiger partial charge in [0.25, 0.3) is 0 Å². The van der Waals surface area contributed by atoms with E-state index in [1.165, 1.54) is 44.4 Å². The molecule has 0 unspecified atom stereocenters. The quantitative estimate of drug-likeness (QED) is 0.0426. The predicted molar refractivity (Wildman–Crippen MR) is 392 cm³/mol. The Kier molecular flexibility index (Phi) is 46.3. The smallest absolute Gasteiger partial charge is 0.479 e. The number of aliphatic hydroxyl groups excluding tert-OH is 4. The van der Waals surface area contributed by atoms with Gasteiger partial charge in [0.2, 0.25) is 35.8 Å². The van der Waals surface area contributed by atoms with Crippen LogP contribution in [0.2, 0.25) is 0 Å². The molecule has 6 amide bonds. The molecule has 111 heavy (non-hydrogen) atoms. The first-order chi connectivity index (χ1) is 52.7. The Morgan fingerprint density at radius 3 is 1.67 bits per heavy atom. The van der Waals surface area contributed by atoms with Gasteiger partial charge < -0.3 is 124 Å². The third kappa shape index (κ3) is 33.9. The summed E-state index contributed by atoms with van der Waals surface area (Å²) < 4.78 is 105. The van der Waals surface area contributed by atoms with Gasteiger partial charge in [-0.05, 0) is 60.8 Å². The lowest BCUT2D eigenvalue weighted by molar-refractivity contribution is -0.271. The molecule has 2 aromatic rings. The van der Waals surface area contributed by atoms with Crippen LogP contribution in [0.5, 0.6) is 5.75 Å². The fraction of sp³-hybridized carbons (Fsp3) is 0.730. The average Bonchev–Trinajstić information content (AvgIpc) is 1.58. The van der Waals surface area contributed by atoms with E-state index in [-0.39, 0.29) is 74.0 Å². The number of aliphatic carboxylic acids is 2. The van der Waals surface area contributed by atoms with Gasteiger partial charge in [0.15, 0.2) is 6.10 Å². The highest BCUT2D eigenvalue weighted by Gasteiger charge is 2.49. The number of hydrogen-bond acceptors (Lipinski definition) is 26. The fourth-order valence-electron chi connectivity index (χ4n) is 12.2. The third-order valence-electron chi connectivity index (χ3n) is 18.4. The van der Waals surface area contributed by atoms with Crippen LogP contribution in [0.3, 0.4) is 0 Å². The minimum Gasteiger partial charge on any atom is -0.479 e. The number of benzene rings is 2. The van der Waals surface area contributed by atoms with Crippen molar-refractivity contribution in [2.24, 2.45) is 29.4 Å². The molecule has 0 aliphatic carbocycles. The number of carbonyl (C=O) groups excluding carboxylic acids is 6. The lowest BCUT2D eigenvalue weighted by atomic mass is 9.89. The van der Waals surface area contributed by atoms with E-state index in [9.17, 15) is 72.3 Å². The minimum atomic E-state index is -5.08. The molecule has 634 valence electrons. The van der Waals surface area contributed by atoms with Gasteiger partial charge >= 0.3 is 24.2 Å². The van der Waals surface area contributed by atoms with E-state index >= 15 is 0 Å². The van der Waals surface area contributed by atoms with Crippen molar-refractivity contribution in [3.63, 3.8) is 0 Å². The number of nitrogens with zero attached hydrogens (tertiary/aromatic N) is 3. The van der Waals surface area contributed by atoms with Crippen LogP contribution in [0.4, 0.5) is 23.7 Å². The van der Waals surface area contributed by atoms with E-state index in [0.29, 0.717) is 117 Å². The number of rotatable bonds is 52. The first-order valence-corrected chi connectivity index (χ1v) is 37.2. The van der Waals surface area contributed by atoms with Crippen LogP contribution in [-0.2, 0) is 97.0 Å². The molecule has 2 heterocycles. The van der Waals surface area contributed by atoms with Gasteiger partial charge in [-0.25, -0.2) is 14.4 Å². The maximum Gasteiger partial charge on any atom is 0.490 e. The molecule has 0 aromatic heterocycles.